The van der Waals surface area contributed by atoms with Crippen molar-refractivity contribution in [3.8, 4) is 23.7 Å². The predicted molar refractivity (Wildman–Crippen MR) is 312 cm³/mol. The summed E-state index contributed by atoms with van der Waals surface area (Å²) in [6.45, 7) is 18.3. The Morgan fingerprint density at radius 1 is 0.408 bits per heavy atom. The molecule has 0 bridgehead atoms. The molecule has 3 heteroatoms. The number of hydrogen-bond acceptors (Lipinski definition) is 0. The van der Waals surface area contributed by atoms with Crippen LogP contribution in [0.4, 0.5) is 0 Å². The summed E-state index contributed by atoms with van der Waals surface area (Å²) in [6, 6.07) is 17.8. The maximum absolute atomic E-state index is 12.5. The van der Waals surface area contributed by atoms with Crippen molar-refractivity contribution in [1.82, 2.24) is 0 Å². The van der Waals surface area contributed by atoms with Gasteiger partial charge in [-0.15, -0.1) is 23.7 Å². The predicted octanol–water partition coefficient (Wildman–Crippen LogP) is 22.5. The van der Waals surface area contributed by atoms with E-state index in [4.69, 9.17) is 0 Å². The summed E-state index contributed by atoms with van der Waals surface area (Å²) in [5.74, 6) is 15.4. The fourth-order valence-corrected chi connectivity index (χ4v) is 11.3. The van der Waals surface area contributed by atoms with E-state index in [-0.39, 0.29) is 0 Å². The number of aryl methyl sites for hydroxylation is 2. The molecule has 1 aliphatic rings. The van der Waals surface area contributed by atoms with Gasteiger partial charge in [-0.1, -0.05) is 149 Å². The first-order chi connectivity index (χ1) is 34.9. The molecule has 0 saturated heterocycles. The Morgan fingerprint density at radius 3 is 1.23 bits per heavy atom. The van der Waals surface area contributed by atoms with Gasteiger partial charge in [0.2, 0.25) is 11.4 Å². The van der Waals surface area contributed by atoms with E-state index < -0.39 is 0 Å². The van der Waals surface area contributed by atoms with Crippen LogP contribution in [0.2, 0.25) is 10.8 Å². The second-order valence-electron chi connectivity index (χ2n) is 20.9. The van der Waals surface area contributed by atoms with Gasteiger partial charge in [-0.2, -0.15) is 0 Å². The SMILES string of the molecule is CCCCCCC#CCC(CCCC)CCc1ccccc1C1=C(CC)C(CCCC)=C(c2ccccc2CCC(CC#CCCCCCC)CCCC)[N+]1=[N-].CCCCCC[CH2][Ni][CH2]CCCCCC. The standard InChI is InChI=1S/C54H80N2.2C7H15.Ni/c1-7-13-18-20-22-24-26-34-45(32-15-9-3)41-43-47-36-28-30-39-50(47)53-49(12-6)52(38-17-11-5)54(56(53)55)51-40-31-29-37-48(51)44-42-46(33-16-10-4)35-27-25-23-21-19-14-8-2;2*1-3-5-7-6-4-2;/h28-31,36-37,39-40,45-46H,7-23,32-35,38,41-44H2,1-6H3;2*1,3-7H2,2H3;. The molecule has 0 amide bonds. The zero-order valence-electron chi connectivity index (χ0n) is 47.9. The molecule has 1 heterocycles. The van der Waals surface area contributed by atoms with Gasteiger partial charge in [-0.3, -0.25) is 0 Å². The van der Waals surface area contributed by atoms with Crippen LogP contribution in [0.15, 0.2) is 59.7 Å². The fourth-order valence-electron chi connectivity index (χ4n) is 10.0. The monoisotopic (exact) mass is 1010 g/mol. The number of nitrogens with zero attached hydrogens (tertiary/aromatic N) is 2. The van der Waals surface area contributed by atoms with Gasteiger partial charge in [0.1, 0.15) is 0 Å². The third-order valence-corrected chi connectivity index (χ3v) is 16.0. The third-order valence-electron chi connectivity index (χ3n) is 14.6. The molecule has 0 radical (unpaired) electrons. The van der Waals surface area contributed by atoms with E-state index in [1.807, 2.05) is 14.4 Å². The summed E-state index contributed by atoms with van der Waals surface area (Å²) in [5.41, 5.74) is 22.2. The Hall–Kier alpha value is -2.87. The Morgan fingerprint density at radius 2 is 0.803 bits per heavy atom. The Labute approximate surface area is 448 Å². The first kappa shape index (κ1) is 64.2. The second kappa shape index (κ2) is 44.6. The van der Waals surface area contributed by atoms with E-state index in [1.165, 1.54) is 198 Å². The molecule has 2 aromatic carbocycles. The van der Waals surface area contributed by atoms with Gasteiger partial charge < -0.3 is 5.53 Å². The Bertz CT molecular complexity index is 1830. The number of unbranched alkanes of at least 4 members (excludes halogenated alkanes) is 19. The quantitative estimate of drug-likeness (QED) is 0.0275. The molecule has 0 spiro atoms. The molecule has 0 N–H and O–H groups in total. The molecule has 0 fully saturated rings. The summed E-state index contributed by atoms with van der Waals surface area (Å²) < 4.78 is 1.61. The number of allylic oxidation sites excluding steroid dienone is 2. The first-order valence-electron chi connectivity index (χ1n) is 30.4. The maximum atomic E-state index is 12.5. The van der Waals surface area contributed by atoms with Gasteiger partial charge in [0.25, 0.3) is 0 Å². The summed E-state index contributed by atoms with van der Waals surface area (Å²) in [5, 5.41) is 2.84. The Balaban J connectivity index is 0.000000988. The minimum absolute atomic E-state index is 0.609. The van der Waals surface area contributed by atoms with E-state index in [0.29, 0.717) is 11.8 Å². The van der Waals surface area contributed by atoms with Crippen LogP contribution in [0.5, 0.6) is 0 Å². The van der Waals surface area contributed by atoms with Crippen molar-refractivity contribution in [1.29, 1.82) is 0 Å². The molecule has 1 aliphatic heterocycles. The van der Waals surface area contributed by atoms with Crippen molar-refractivity contribution in [2.24, 2.45) is 11.8 Å². The van der Waals surface area contributed by atoms with Crippen molar-refractivity contribution >= 4 is 11.4 Å². The molecule has 2 unspecified atom stereocenters. The fraction of sp³-hybridized carbons (Fsp3) is 0.706. The third kappa shape index (κ3) is 27.8. The van der Waals surface area contributed by atoms with Crippen molar-refractivity contribution in [2.45, 2.75) is 297 Å². The minimum atomic E-state index is 0.609. The van der Waals surface area contributed by atoms with Gasteiger partial charge in [0.05, 0.1) is 0 Å². The van der Waals surface area contributed by atoms with E-state index in [2.05, 4.69) is 128 Å². The van der Waals surface area contributed by atoms with Crippen molar-refractivity contribution in [2.75, 3.05) is 0 Å². The van der Waals surface area contributed by atoms with Crippen LogP contribution >= 0.6 is 0 Å². The van der Waals surface area contributed by atoms with Gasteiger partial charge in [-0.25, -0.2) is 4.70 Å². The van der Waals surface area contributed by atoms with Crippen LogP contribution in [-0.4, -0.2) is 4.70 Å². The summed E-state index contributed by atoms with van der Waals surface area (Å²) >= 11 is 2.00. The molecule has 2 aromatic rings. The van der Waals surface area contributed by atoms with Crippen LogP contribution < -0.4 is 0 Å². The summed E-state index contributed by atoms with van der Waals surface area (Å²) in [7, 11) is 0. The molecule has 2 nitrogen and oxygen atoms in total. The molecular formula is C68H110N2Ni. The topological polar surface area (TPSA) is 25.3 Å². The normalized spacial score (nSPS) is 13.2. The van der Waals surface area contributed by atoms with Crippen molar-refractivity contribution in [3.05, 3.63) is 87.5 Å². The van der Waals surface area contributed by atoms with Crippen molar-refractivity contribution < 1.29 is 19.1 Å². The molecule has 2 atom stereocenters. The molecule has 71 heavy (non-hydrogen) atoms. The second-order valence-corrected chi connectivity index (χ2v) is 22.4. The summed E-state index contributed by atoms with van der Waals surface area (Å²) in [6.07, 6.45) is 44.6. The van der Waals surface area contributed by atoms with Crippen LogP contribution in [0, 0.1) is 35.5 Å². The van der Waals surface area contributed by atoms with E-state index in [0.717, 1.165) is 88.4 Å². The Kier molecular flexibility index (Phi) is 40.4. The number of benzene rings is 2. The van der Waals surface area contributed by atoms with E-state index in [1.54, 1.807) is 4.70 Å². The molecule has 0 aliphatic carbocycles. The molecule has 0 aromatic heterocycles. The molecule has 402 valence electrons. The zero-order valence-corrected chi connectivity index (χ0v) is 48.8. The molecular weight excluding hydrogens is 903 g/mol. The average molecular weight is 1010 g/mol. The van der Waals surface area contributed by atoms with Gasteiger partial charge in [0, 0.05) is 48.0 Å². The van der Waals surface area contributed by atoms with Crippen LogP contribution in [0.1, 0.15) is 296 Å². The van der Waals surface area contributed by atoms with Gasteiger partial charge in [-0.05, 0) is 106 Å². The zero-order chi connectivity index (χ0) is 51.4. The average Bonchev–Trinajstić information content (AvgIpc) is 3.67. The summed E-state index contributed by atoms with van der Waals surface area (Å²) in [4.78, 5) is 0. The van der Waals surface area contributed by atoms with Gasteiger partial charge >= 0.3 is 103 Å². The van der Waals surface area contributed by atoms with Gasteiger partial charge in [0.15, 0.2) is 0 Å². The molecule has 3 rings (SSSR count). The van der Waals surface area contributed by atoms with E-state index >= 15 is 0 Å². The first-order valence-corrected chi connectivity index (χ1v) is 31.8. The number of rotatable bonds is 40. The van der Waals surface area contributed by atoms with Crippen molar-refractivity contribution in [3.63, 3.8) is 0 Å². The molecule has 0 saturated carbocycles. The van der Waals surface area contributed by atoms with Crippen LogP contribution in [-0.2, 0) is 27.3 Å². The number of hydrogen-bond donors (Lipinski definition) is 0. The van der Waals surface area contributed by atoms with E-state index in [9.17, 15) is 5.53 Å². The van der Waals surface area contributed by atoms with Crippen LogP contribution in [0.3, 0.4) is 0 Å². The van der Waals surface area contributed by atoms with Crippen LogP contribution in [0.25, 0.3) is 16.9 Å².